The van der Waals surface area contributed by atoms with E-state index in [4.69, 9.17) is 4.74 Å². The van der Waals surface area contributed by atoms with E-state index in [2.05, 4.69) is 5.32 Å². The number of amides is 1. The van der Waals surface area contributed by atoms with Crippen molar-refractivity contribution in [2.45, 2.75) is 56.7 Å². The molecule has 2 aromatic carbocycles. The third-order valence-corrected chi connectivity index (χ3v) is 6.19. The Balaban J connectivity index is 2.30. The third-order valence-electron chi connectivity index (χ3n) is 4.60. The maximum Gasteiger partial charge on any atom is 0.329 e. The molecule has 0 bridgehead atoms. The Kier molecular flexibility index (Phi) is 8.80. The SMILES string of the molecule is C[C@H](NS(=O)(=O)c1ccccc1[N+](=O)[O-])C(=O)N[C@@H](Cc1c(F)cc(F)cc1F)C(=O)OC(C)(C)C. The normalized spacial score (nSPS) is 13.5. The molecule has 0 spiro atoms. The molecule has 0 aliphatic heterocycles. The molecule has 0 unspecified atom stereocenters. The molecule has 0 aliphatic rings. The highest BCUT2D eigenvalue weighted by molar-refractivity contribution is 7.89. The van der Waals surface area contributed by atoms with Crippen molar-refractivity contribution in [1.29, 1.82) is 0 Å². The van der Waals surface area contributed by atoms with Crippen LogP contribution in [0.3, 0.4) is 0 Å². The Morgan fingerprint density at radius 3 is 2.19 bits per heavy atom. The van der Waals surface area contributed by atoms with Crippen molar-refractivity contribution in [2.24, 2.45) is 0 Å². The summed E-state index contributed by atoms with van der Waals surface area (Å²) in [7, 11) is -4.57. The highest BCUT2D eigenvalue weighted by atomic mass is 32.2. The van der Waals surface area contributed by atoms with Crippen LogP contribution in [0.1, 0.15) is 33.3 Å². The number of carbonyl (C=O) groups excluding carboxylic acids is 2. The van der Waals surface area contributed by atoms with Crippen molar-refractivity contribution in [3.8, 4) is 0 Å². The van der Waals surface area contributed by atoms with Crippen LogP contribution >= 0.6 is 0 Å². The second-order valence-electron chi connectivity index (χ2n) is 8.71. The summed E-state index contributed by atoms with van der Waals surface area (Å²) in [4.78, 5) is 35.0. The highest BCUT2D eigenvalue weighted by Gasteiger charge is 2.33. The zero-order chi connectivity index (χ0) is 27.4. The summed E-state index contributed by atoms with van der Waals surface area (Å²) in [5.74, 6) is -5.99. The summed E-state index contributed by atoms with van der Waals surface area (Å²) in [5.41, 5.74) is -2.49. The maximum atomic E-state index is 14.2. The number of para-hydroxylation sites is 1. The largest absolute Gasteiger partial charge is 0.458 e. The molecule has 196 valence electrons. The van der Waals surface area contributed by atoms with Crippen molar-refractivity contribution in [1.82, 2.24) is 10.0 Å². The first kappa shape index (κ1) is 28.7. The molecule has 0 aromatic heterocycles. The molecule has 2 rings (SSSR count). The van der Waals surface area contributed by atoms with Gasteiger partial charge in [0.2, 0.25) is 15.9 Å². The average Bonchev–Trinajstić information content (AvgIpc) is 2.73. The van der Waals surface area contributed by atoms with Gasteiger partial charge < -0.3 is 10.1 Å². The van der Waals surface area contributed by atoms with E-state index in [0.29, 0.717) is 12.1 Å². The second-order valence-corrected chi connectivity index (χ2v) is 10.4. The molecular formula is C22H24F3N3O7S. The number of halogens is 3. The fourth-order valence-corrected chi connectivity index (χ4v) is 4.39. The van der Waals surface area contributed by atoms with Crippen LogP contribution in [0.15, 0.2) is 41.3 Å². The Bertz CT molecular complexity index is 1260. The van der Waals surface area contributed by atoms with E-state index in [1.165, 1.54) is 32.9 Å². The van der Waals surface area contributed by atoms with Gasteiger partial charge in [-0.15, -0.1) is 0 Å². The number of sulfonamides is 1. The summed E-state index contributed by atoms with van der Waals surface area (Å²) in [6.45, 7) is 5.61. The van der Waals surface area contributed by atoms with Gasteiger partial charge in [0, 0.05) is 30.2 Å². The summed E-state index contributed by atoms with van der Waals surface area (Å²) >= 11 is 0. The summed E-state index contributed by atoms with van der Waals surface area (Å²) in [5, 5.41) is 13.3. The number of nitro benzene ring substituents is 1. The predicted molar refractivity (Wildman–Crippen MR) is 121 cm³/mol. The molecule has 14 heteroatoms. The first-order valence-electron chi connectivity index (χ1n) is 10.4. The van der Waals surface area contributed by atoms with Gasteiger partial charge in [0.15, 0.2) is 4.90 Å². The molecule has 1 amide bonds. The Hall–Kier alpha value is -3.52. The zero-order valence-corrected chi connectivity index (χ0v) is 20.5. The first-order chi connectivity index (χ1) is 16.5. The van der Waals surface area contributed by atoms with E-state index in [1.54, 1.807) is 0 Å². The fourth-order valence-electron chi connectivity index (χ4n) is 3.02. The zero-order valence-electron chi connectivity index (χ0n) is 19.7. The Morgan fingerprint density at radius 1 is 1.11 bits per heavy atom. The summed E-state index contributed by atoms with van der Waals surface area (Å²) in [6.07, 6.45) is -0.776. The Labute approximate surface area is 205 Å². The molecule has 36 heavy (non-hydrogen) atoms. The lowest BCUT2D eigenvalue weighted by Gasteiger charge is -2.26. The van der Waals surface area contributed by atoms with E-state index >= 15 is 0 Å². The topological polar surface area (TPSA) is 145 Å². The first-order valence-corrected chi connectivity index (χ1v) is 11.9. The van der Waals surface area contributed by atoms with Crippen molar-refractivity contribution >= 4 is 27.6 Å². The molecule has 0 radical (unpaired) electrons. The van der Waals surface area contributed by atoms with Crippen molar-refractivity contribution in [2.75, 3.05) is 0 Å². The average molecular weight is 532 g/mol. The van der Waals surface area contributed by atoms with Gasteiger partial charge in [0.05, 0.1) is 11.0 Å². The molecule has 2 N–H and O–H groups in total. The van der Waals surface area contributed by atoms with E-state index in [-0.39, 0.29) is 0 Å². The van der Waals surface area contributed by atoms with Gasteiger partial charge in [0.1, 0.15) is 29.1 Å². The number of hydrogen-bond donors (Lipinski definition) is 2. The van der Waals surface area contributed by atoms with Crippen LogP contribution in [-0.4, -0.2) is 42.9 Å². The van der Waals surface area contributed by atoms with Gasteiger partial charge in [-0.2, -0.15) is 4.72 Å². The molecular weight excluding hydrogens is 507 g/mol. The Morgan fingerprint density at radius 2 is 1.67 bits per heavy atom. The van der Waals surface area contributed by atoms with Crippen LogP contribution in [0.25, 0.3) is 0 Å². The number of hydrogen-bond acceptors (Lipinski definition) is 7. The molecule has 0 heterocycles. The van der Waals surface area contributed by atoms with E-state index in [1.807, 2.05) is 4.72 Å². The van der Waals surface area contributed by atoms with E-state index in [9.17, 15) is 41.3 Å². The molecule has 0 fully saturated rings. The van der Waals surface area contributed by atoms with Crippen LogP contribution < -0.4 is 10.0 Å². The lowest BCUT2D eigenvalue weighted by atomic mass is 10.0. The minimum atomic E-state index is -4.57. The van der Waals surface area contributed by atoms with Crippen LogP contribution in [-0.2, 0) is 30.8 Å². The minimum Gasteiger partial charge on any atom is -0.458 e. The van der Waals surface area contributed by atoms with E-state index in [0.717, 1.165) is 19.1 Å². The molecule has 0 aliphatic carbocycles. The van der Waals surface area contributed by atoms with Gasteiger partial charge in [-0.3, -0.25) is 14.9 Å². The van der Waals surface area contributed by atoms with Crippen molar-refractivity contribution in [3.63, 3.8) is 0 Å². The number of carbonyl (C=O) groups is 2. The standard InChI is InChI=1S/C22H24F3N3O7S/c1-12(27-36(33,34)19-8-6-5-7-18(19)28(31)32)20(29)26-17(21(30)35-22(2,3)4)11-14-15(24)9-13(23)10-16(14)25/h5-10,12,17,27H,11H2,1-4H3,(H,26,29)/t12-,17-/m0/s1. The second kappa shape index (κ2) is 11.0. The minimum absolute atomic E-state index is 0.399. The van der Waals surface area contributed by atoms with Crippen molar-refractivity contribution < 1.29 is 40.8 Å². The summed E-state index contributed by atoms with van der Waals surface area (Å²) < 4.78 is 74.1. The lowest BCUT2D eigenvalue weighted by Crippen LogP contribution is -2.52. The van der Waals surface area contributed by atoms with Crippen LogP contribution in [0, 0.1) is 27.6 Å². The molecule has 2 aromatic rings. The van der Waals surface area contributed by atoms with Gasteiger partial charge >= 0.3 is 5.97 Å². The van der Waals surface area contributed by atoms with Gasteiger partial charge in [-0.1, -0.05) is 12.1 Å². The number of esters is 1. The smallest absolute Gasteiger partial charge is 0.329 e. The molecule has 0 saturated heterocycles. The predicted octanol–water partition coefficient (Wildman–Crippen LogP) is 2.75. The van der Waals surface area contributed by atoms with Gasteiger partial charge in [-0.25, -0.2) is 26.4 Å². The van der Waals surface area contributed by atoms with Crippen molar-refractivity contribution in [3.05, 3.63) is 69.5 Å². The number of ether oxygens (including phenoxy) is 1. The third kappa shape index (κ3) is 7.49. The molecule has 10 nitrogen and oxygen atoms in total. The number of nitrogens with zero attached hydrogens (tertiary/aromatic N) is 1. The lowest BCUT2D eigenvalue weighted by molar-refractivity contribution is -0.387. The molecule has 2 atom stereocenters. The van der Waals surface area contributed by atoms with Gasteiger partial charge in [-0.05, 0) is 33.8 Å². The number of nitrogens with one attached hydrogen (secondary N) is 2. The highest BCUT2D eigenvalue weighted by Crippen LogP contribution is 2.23. The monoisotopic (exact) mass is 531 g/mol. The maximum absolute atomic E-state index is 14.2. The van der Waals surface area contributed by atoms with Gasteiger partial charge in [0.25, 0.3) is 5.69 Å². The number of nitro groups is 1. The fraction of sp³-hybridized carbons (Fsp3) is 0.364. The number of rotatable bonds is 9. The summed E-state index contributed by atoms with van der Waals surface area (Å²) in [6, 6.07) is 1.96. The van der Waals surface area contributed by atoms with E-state index < -0.39 is 84.5 Å². The van der Waals surface area contributed by atoms with Crippen LogP contribution in [0.5, 0.6) is 0 Å². The number of benzene rings is 2. The quantitative estimate of drug-likeness (QED) is 0.288. The molecule has 0 saturated carbocycles. The van der Waals surface area contributed by atoms with Crippen LogP contribution in [0.4, 0.5) is 18.9 Å². The van der Waals surface area contributed by atoms with Crippen LogP contribution in [0.2, 0.25) is 0 Å².